The van der Waals surface area contributed by atoms with E-state index < -0.39 is 47.6 Å². The van der Waals surface area contributed by atoms with Gasteiger partial charge in [0.05, 0.1) is 17.4 Å². The van der Waals surface area contributed by atoms with Crippen molar-refractivity contribution in [3.8, 4) is 11.3 Å². The van der Waals surface area contributed by atoms with Crippen LogP contribution in [0.3, 0.4) is 0 Å². The zero-order valence-electron chi connectivity index (χ0n) is 19.6. The molecule has 3 aromatic heterocycles. The van der Waals surface area contributed by atoms with Gasteiger partial charge in [-0.05, 0) is 44.0 Å². The summed E-state index contributed by atoms with van der Waals surface area (Å²) in [4.78, 5) is 19.3. The van der Waals surface area contributed by atoms with Crippen molar-refractivity contribution in [3.05, 3.63) is 76.6 Å². The molecule has 2 atom stereocenters. The van der Waals surface area contributed by atoms with Crippen molar-refractivity contribution in [2.45, 2.75) is 45.2 Å². The average molecular weight is 503 g/mol. The van der Waals surface area contributed by atoms with Gasteiger partial charge in [-0.15, -0.1) is 0 Å². The van der Waals surface area contributed by atoms with Crippen LogP contribution >= 0.6 is 0 Å². The third-order valence-corrected chi connectivity index (χ3v) is 6.75. The SMILES string of the molecule is CCC1Cc2c(nn(C)c2-c2cc(F)c(F)c(F)c2)C(C)N1C(=O)c1c(C(F)F)nc2ccccn12. The fourth-order valence-electron chi connectivity index (χ4n) is 5.14. The molecule has 11 heteroatoms. The van der Waals surface area contributed by atoms with Gasteiger partial charge in [-0.25, -0.2) is 26.9 Å². The zero-order chi connectivity index (χ0) is 25.9. The molecule has 1 amide bonds. The topological polar surface area (TPSA) is 55.4 Å². The van der Waals surface area contributed by atoms with Crippen molar-refractivity contribution in [1.82, 2.24) is 24.1 Å². The smallest absolute Gasteiger partial charge is 0.282 e. The Labute approximate surface area is 203 Å². The number of fused-ring (bicyclic) bond motifs is 2. The van der Waals surface area contributed by atoms with E-state index in [1.54, 1.807) is 32.2 Å². The Balaban J connectivity index is 1.63. The molecule has 0 spiro atoms. The lowest BCUT2D eigenvalue weighted by molar-refractivity contribution is 0.0527. The van der Waals surface area contributed by atoms with Crippen LogP contribution in [0.1, 0.15) is 60.2 Å². The molecular weight excluding hydrogens is 481 g/mol. The summed E-state index contributed by atoms with van der Waals surface area (Å²) < 4.78 is 72.2. The maximum absolute atomic E-state index is 14.0. The first kappa shape index (κ1) is 24.0. The van der Waals surface area contributed by atoms with Gasteiger partial charge in [0.1, 0.15) is 17.0 Å². The van der Waals surface area contributed by atoms with Crippen LogP contribution < -0.4 is 0 Å². The van der Waals surface area contributed by atoms with Crippen LogP contribution in [-0.2, 0) is 13.5 Å². The Morgan fingerprint density at radius 3 is 2.50 bits per heavy atom. The maximum atomic E-state index is 14.0. The van der Waals surface area contributed by atoms with E-state index in [1.807, 2.05) is 6.92 Å². The number of nitrogens with zero attached hydrogens (tertiary/aromatic N) is 5. The molecule has 2 unspecified atom stereocenters. The van der Waals surface area contributed by atoms with Gasteiger partial charge in [0.2, 0.25) is 0 Å². The van der Waals surface area contributed by atoms with E-state index in [-0.39, 0.29) is 23.3 Å². The molecule has 6 nitrogen and oxygen atoms in total. The Bertz CT molecular complexity index is 1470. The highest BCUT2D eigenvalue weighted by molar-refractivity contribution is 5.95. The van der Waals surface area contributed by atoms with Crippen LogP contribution in [-0.4, -0.2) is 36.0 Å². The number of carbonyl (C=O) groups excluding carboxylic acids is 1. The first-order chi connectivity index (χ1) is 17.1. The first-order valence-electron chi connectivity index (χ1n) is 11.4. The first-order valence-corrected chi connectivity index (χ1v) is 11.4. The van der Waals surface area contributed by atoms with Gasteiger partial charge in [-0.3, -0.25) is 13.9 Å². The lowest BCUT2D eigenvalue weighted by Gasteiger charge is -2.40. The van der Waals surface area contributed by atoms with Crippen molar-refractivity contribution in [2.75, 3.05) is 0 Å². The lowest BCUT2D eigenvalue weighted by Crippen LogP contribution is -2.46. The summed E-state index contributed by atoms with van der Waals surface area (Å²) in [7, 11) is 1.59. The van der Waals surface area contributed by atoms with Gasteiger partial charge in [-0.2, -0.15) is 5.10 Å². The van der Waals surface area contributed by atoms with Crippen LogP contribution in [0, 0.1) is 17.5 Å². The number of rotatable bonds is 4. The van der Waals surface area contributed by atoms with Gasteiger partial charge in [0, 0.05) is 30.4 Å². The molecule has 1 aliphatic heterocycles. The fraction of sp³-hybridized carbons (Fsp3) is 0.320. The van der Waals surface area contributed by atoms with Crippen molar-refractivity contribution in [2.24, 2.45) is 7.05 Å². The van der Waals surface area contributed by atoms with Crippen molar-refractivity contribution >= 4 is 11.6 Å². The number of alkyl halides is 2. The number of hydrogen-bond acceptors (Lipinski definition) is 3. The van der Waals surface area contributed by atoms with Gasteiger partial charge in [-0.1, -0.05) is 13.0 Å². The minimum atomic E-state index is -2.95. The molecule has 0 fully saturated rings. The van der Waals surface area contributed by atoms with Crippen molar-refractivity contribution in [1.29, 1.82) is 0 Å². The third-order valence-electron chi connectivity index (χ3n) is 6.75. The number of halogens is 5. The van der Waals surface area contributed by atoms with Crippen LogP contribution in [0.5, 0.6) is 0 Å². The van der Waals surface area contributed by atoms with Crippen molar-refractivity contribution in [3.63, 3.8) is 0 Å². The Morgan fingerprint density at radius 1 is 1.17 bits per heavy atom. The molecule has 0 N–H and O–H groups in total. The monoisotopic (exact) mass is 503 g/mol. The second-order valence-corrected chi connectivity index (χ2v) is 8.82. The van der Waals surface area contributed by atoms with E-state index in [4.69, 9.17) is 0 Å². The highest BCUT2D eigenvalue weighted by Gasteiger charge is 2.41. The predicted octanol–water partition coefficient (Wildman–Crippen LogP) is 5.63. The predicted molar refractivity (Wildman–Crippen MR) is 121 cm³/mol. The summed E-state index contributed by atoms with van der Waals surface area (Å²) in [5.41, 5.74) is 1.08. The van der Waals surface area contributed by atoms with Crippen LogP contribution in [0.4, 0.5) is 22.0 Å². The second-order valence-electron chi connectivity index (χ2n) is 8.82. The highest BCUT2D eigenvalue weighted by Crippen LogP contribution is 2.40. The highest BCUT2D eigenvalue weighted by atomic mass is 19.3. The van der Waals surface area contributed by atoms with Gasteiger partial charge >= 0.3 is 0 Å². The number of hydrogen-bond donors (Lipinski definition) is 0. The normalized spacial score (nSPS) is 17.8. The zero-order valence-corrected chi connectivity index (χ0v) is 19.6. The summed E-state index contributed by atoms with van der Waals surface area (Å²) in [6.07, 6.45) is -0.688. The molecule has 5 rings (SSSR count). The quantitative estimate of drug-likeness (QED) is 0.268. The second kappa shape index (κ2) is 8.72. The molecule has 1 aliphatic rings. The number of amides is 1. The number of benzene rings is 1. The Kier molecular flexibility index (Phi) is 5.80. The molecule has 4 aromatic rings. The minimum absolute atomic E-state index is 0.117. The lowest BCUT2D eigenvalue weighted by atomic mass is 9.89. The van der Waals surface area contributed by atoms with Gasteiger partial charge in [0.15, 0.2) is 17.5 Å². The number of aromatic nitrogens is 4. The van der Waals surface area contributed by atoms with E-state index in [1.165, 1.54) is 20.2 Å². The molecular formula is C25H22F5N5O. The minimum Gasteiger partial charge on any atom is -0.326 e. The summed E-state index contributed by atoms with van der Waals surface area (Å²) in [6.45, 7) is 3.59. The Hall–Kier alpha value is -3.76. The van der Waals surface area contributed by atoms with E-state index in [0.717, 1.165) is 12.1 Å². The molecule has 0 bridgehead atoms. The van der Waals surface area contributed by atoms with E-state index in [9.17, 15) is 26.7 Å². The fourth-order valence-corrected chi connectivity index (χ4v) is 5.14. The van der Waals surface area contributed by atoms with Gasteiger partial charge < -0.3 is 4.90 Å². The summed E-state index contributed by atoms with van der Waals surface area (Å²) in [6, 6.07) is 5.58. The molecule has 188 valence electrons. The number of aryl methyl sites for hydroxylation is 1. The number of carbonyl (C=O) groups is 1. The average Bonchev–Trinajstić information content (AvgIpc) is 3.39. The molecule has 0 radical (unpaired) electrons. The van der Waals surface area contributed by atoms with E-state index in [2.05, 4.69) is 10.1 Å². The number of pyridine rings is 1. The van der Waals surface area contributed by atoms with Crippen LogP contribution in [0.15, 0.2) is 36.5 Å². The molecule has 1 aromatic carbocycles. The summed E-state index contributed by atoms with van der Waals surface area (Å²) in [5.74, 6) is -4.81. The maximum Gasteiger partial charge on any atom is 0.282 e. The molecule has 36 heavy (non-hydrogen) atoms. The third kappa shape index (κ3) is 3.56. The van der Waals surface area contributed by atoms with Crippen LogP contribution in [0.2, 0.25) is 0 Å². The van der Waals surface area contributed by atoms with Crippen LogP contribution in [0.25, 0.3) is 16.9 Å². The van der Waals surface area contributed by atoms with E-state index in [0.29, 0.717) is 23.4 Å². The molecule has 0 saturated heterocycles. The molecule has 0 aliphatic carbocycles. The summed E-state index contributed by atoms with van der Waals surface area (Å²) >= 11 is 0. The van der Waals surface area contributed by atoms with Gasteiger partial charge in [0.25, 0.3) is 12.3 Å². The number of imidazole rings is 1. The standard InChI is InChI=1S/C25H22F5N5O/c1-4-14-11-15-20(32-33(3)22(15)13-9-16(26)19(28)17(27)10-13)12(2)35(14)25(36)23-21(24(29)30)31-18-7-5-6-8-34(18)23/h5-10,12,14,24H,4,11H2,1-3H3. The molecule has 0 saturated carbocycles. The summed E-state index contributed by atoms with van der Waals surface area (Å²) in [5, 5.41) is 4.51. The van der Waals surface area contributed by atoms with Crippen molar-refractivity contribution < 1.29 is 26.7 Å². The van der Waals surface area contributed by atoms with E-state index >= 15 is 0 Å². The molecule has 4 heterocycles. The largest absolute Gasteiger partial charge is 0.326 e. The Morgan fingerprint density at radius 2 is 1.86 bits per heavy atom.